The van der Waals surface area contributed by atoms with E-state index in [2.05, 4.69) is 15.6 Å². The van der Waals surface area contributed by atoms with Crippen LogP contribution >= 0.6 is 0 Å². The van der Waals surface area contributed by atoms with Crippen molar-refractivity contribution in [2.45, 2.75) is 12.5 Å². The molecule has 10 heteroatoms. The first kappa shape index (κ1) is 28.8. The molecule has 222 valence electrons. The van der Waals surface area contributed by atoms with Crippen LogP contribution in [0, 0.1) is 0 Å². The summed E-state index contributed by atoms with van der Waals surface area (Å²) in [7, 11) is 3.88. The third-order valence-corrected chi connectivity index (χ3v) is 7.45. The number of amides is 2. The molecule has 2 aromatic carbocycles. The number of nitrogens with zero attached hydrogens (tertiary/aromatic N) is 6. The Morgan fingerprint density at radius 2 is 1.80 bits per heavy atom. The van der Waals surface area contributed by atoms with Crippen LogP contribution < -0.4 is 10.6 Å². The van der Waals surface area contributed by atoms with Crippen LogP contribution in [0.2, 0.25) is 0 Å². The summed E-state index contributed by atoms with van der Waals surface area (Å²) >= 11 is 0. The molecule has 1 aliphatic heterocycles. The van der Waals surface area contributed by atoms with E-state index in [4.69, 9.17) is 10.1 Å². The summed E-state index contributed by atoms with van der Waals surface area (Å²) in [6.07, 6.45) is 7.77. The molecule has 2 N–H and O–H groups in total. The van der Waals surface area contributed by atoms with Crippen molar-refractivity contribution in [2.75, 3.05) is 44.4 Å². The zero-order valence-corrected chi connectivity index (χ0v) is 24.7. The van der Waals surface area contributed by atoms with Gasteiger partial charge >= 0.3 is 0 Å². The average Bonchev–Trinajstić information content (AvgIpc) is 3.66. The van der Waals surface area contributed by atoms with Crippen molar-refractivity contribution in [3.05, 3.63) is 109 Å². The summed E-state index contributed by atoms with van der Waals surface area (Å²) in [6.45, 7) is 1.84. The van der Waals surface area contributed by atoms with Gasteiger partial charge in [0.15, 0.2) is 0 Å². The average molecular weight is 587 g/mol. The molecule has 2 amide bonds. The molecule has 0 bridgehead atoms. The number of hydrogen-bond acceptors (Lipinski definition) is 7. The molecule has 1 aliphatic rings. The number of likely N-dealkylation sites (tertiary alicyclic amines) is 1. The molecule has 1 saturated heterocycles. The molecule has 44 heavy (non-hydrogen) atoms. The van der Waals surface area contributed by atoms with Gasteiger partial charge in [-0.15, -0.1) is 0 Å². The van der Waals surface area contributed by atoms with Gasteiger partial charge in [-0.05, 0) is 63.0 Å². The Morgan fingerprint density at radius 3 is 2.59 bits per heavy atom. The van der Waals surface area contributed by atoms with Gasteiger partial charge in [0.25, 0.3) is 5.91 Å². The van der Waals surface area contributed by atoms with Crippen LogP contribution in [0.15, 0.2) is 103 Å². The third kappa shape index (κ3) is 6.50. The number of pyridine rings is 1. The van der Waals surface area contributed by atoms with Gasteiger partial charge in [0.05, 0.1) is 16.8 Å². The minimum Gasteiger partial charge on any atom is -0.350 e. The fraction of sp³-hybridized carbons (Fsp3) is 0.206. The van der Waals surface area contributed by atoms with E-state index >= 15 is 0 Å². The zero-order chi connectivity index (χ0) is 30.5. The maximum Gasteiger partial charge on any atom is 0.253 e. The molecule has 0 spiro atoms. The van der Waals surface area contributed by atoms with Gasteiger partial charge in [-0.1, -0.05) is 42.5 Å². The SMILES string of the molecule is CN(C)C/C=C/C(=O)Nc1ccc(C(=O)N2CC[C@H](Nc3nccc(-c4c(-c5ccccc5)nn5ccccc45)n3)C2)cc1. The summed E-state index contributed by atoms with van der Waals surface area (Å²) in [5, 5.41) is 11.1. The minimum atomic E-state index is -0.205. The maximum absolute atomic E-state index is 13.2. The van der Waals surface area contributed by atoms with Gasteiger partial charge in [-0.3, -0.25) is 9.59 Å². The number of fused-ring (bicyclic) bond motifs is 1. The number of likely N-dealkylation sites (N-methyl/N-ethyl adjacent to an activating group) is 1. The summed E-state index contributed by atoms with van der Waals surface area (Å²) in [6, 6.07) is 25.0. The summed E-state index contributed by atoms with van der Waals surface area (Å²) < 4.78 is 1.87. The van der Waals surface area contributed by atoms with Crippen LogP contribution in [0.4, 0.5) is 11.6 Å². The predicted octanol–water partition coefficient (Wildman–Crippen LogP) is 4.84. The fourth-order valence-corrected chi connectivity index (χ4v) is 5.30. The van der Waals surface area contributed by atoms with Crippen molar-refractivity contribution >= 4 is 29.0 Å². The molecule has 10 nitrogen and oxygen atoms in total. The number of carbonyl (C=O) groups is 2. The second-order valence-corrected chi connectivity index (χ2v) is 11.0. The number of nitrogens with one attached hydrogen (secondary N) is 2. The number of rotatable bonds is 9. The molecule has 5 aromatic rings. The van der Waals surface area contributed by atoms with Crippen LogP contribution in [-0.2, 0) is 4.79 Å². The summed E-state index contributed by atoms with van der Waals surface area (Å²) in [5.74, 6) is 0.256. The number of benzene rings is 2. The number of carbonyl (C=O) groups excluding carboxylic acids is 2. The van der Waals surface area contributed by atoms with Crippen LogP contribution in [-0.4, -0.2) is 81.0 Å². The Bertz CT molecular complexity index is 1800. The Balaban J connectivity index is 1.12. The highest BCUT2D eigenvalue weighted by Crippen LogP contribution is 2.34. The Kier molecular flexibility index (Phi) is 8.42. The Morgan fingerprint density at radius 1 is 1.00 bits per heavy atom. The highest BCUT2D eigenvalue weighted by molar-refractivity contribution is 6.00. The monoisotopic (exact) mass is 586 g/mol. The van der Waals surface area contributed by atoms with Crippen molar-refractivity contribution in [1.29, 1.82) is 0 Å². The number of aromatic nitrogens is 4. The van der Waals surface area contributed by atoms with Crippen molar-refractivity contribution in [3.63, 3.8) is 0 Å². The lowest BCUT2D eigenvalue weighted by atomic mass is 10.0. The first-order valence-electron chi connectivity index (χ1n) is 14.6. The summed E-state index contributed by atoms with van der Waals surface area (Å²) in [5.41, 5.74) is 5.75. The predicted molar refractivity (Wildman–Crippen MR) is 172 cm³/mol. The normalized spacial score (nSPS) is 14.9. The van der Waals surface area contributed by atoms with E-state index in [1.165, 1.54) is 6.08 Å². The molecule has 0 aliphatic carbocycles. The lowest BCUT2D eigenvalue weighted by Gasteiger charge is -2.17. The third-order valence-electron chi connectivity index (χ3n) is 7.45. The molecular formula is C34H34N8O2. The minimum absolute atomic E-state index is 0.0132. The van der Waals surface area contributed by atoms with E-state index in [9.17, 15) is 9.59 Å². The number of hydrogen-bond donors (Lipinski definition) is 2. The first-order valence-corrected chi connectivity index (χ1v) is 14.6. The largest absolute Gasteiger partial charge is 0.350 e. The lowest BCUT2D eigenvalue weighted by Crippen LogP contribution is -2.31. The second kappa shape index (κ2) is 12.9. The van der Waals surface area contributed by atoms with Gasteiger partial charge in [0.1, 0.15) is 5.69 Å². The molecular weight excluding hydrogens is 552 g/mol. The molecule has 3 aromatic heterocycles. The van der Waals surface area contributed by atoms with Gasteiger partial charge in [-0.25, -0.2) is 14.5 Å². The van der Waals surface area contributed by atoms with Gasteiger partial charge in [0.2, 0.25) is 11.9 Å². The van der Waals surface area contributed by atoms with E-state index in [0.29, 0.717) is 36.8 Å². The van der Waals surface area contributed by atoms with Crippen LogP contribution in [0.3, 0.4) is 0 Å². The van der Waals surface area contributed by atoms with Crippen molar-refractivity contribution < 1.29 is 9.59 Å². The Hall–Kier alpha value is -5.35. The summed E-state index contributed by atoms with van der Waals surface area (Å²) in [4.78, 5) is 38.5. The molecule has 0 unspecified atom stereocenters. The van der Waals surface area contributed by atoms with E-state index in [-0.39, 0.29) is 17.9 Å². The van der Waals surface area contributed by atoms with Crippen LogP contribution in [0.5, 0.6) is 0 Å². The van der Waals surface area contributed by atoms with Crippen molar-refractivity contribution in [1.82, 2.24) is 29.4 Å². The molecule has 6 rings (SSSR count). The number of anilines is 2. The quantitative estimate of drug-likeness (QED) is 0.238. The van der Waals surface area contributed by atoms with E-state index in [0.717, 1.165) is 34.5 Å². The zero-order valence-electron chi connectivity index (χ0n) is 24.7. The van der Waals surface area contributed by atoms with E-state index in [1.807, 2.05) is 89.2 Å². The maximum atomic E-state index is 13.2. The van der Waals surface area contributed by atoms with Crippen LogP contribution in [0.25, 0.3) is 28.0 Å². The first-order chi connectivity index (χ1) is 21.4. The smallest absolute Gasteiger partial charge is 0.253 e. The van der Waals surface area contributed by atoms with Gasteiger partial charge < -0.3 is 20.4 Å². The Labute approximate surface area is 256 Å². The standard InChI is InChI=1S/C34H34N8O2/c1-40(2)20-8-12-30(43)36-26-15-13-25(14-16-26)33(44)41-22-18-27(23-41)37-34-35-19-17-28(38-34)31-29-11-6-7-21-42(29)39-32(31)24-9-4-3-5-10-24/h3-17,19,21,27H,18,20,22-23H2,1-2H3,(H,36,43)(H,35,37,38)/b12-8+/t27-/m0/s1. The van der Waals surface area contributed by atoms with E-state index in [1.54, 1.807) is 36.5 Å². The molecule has 4 heterocycles. The topological polar surface area (TPSA) is 108 Å². The van der Waals surface area contributed by atoms with Crippen molar-refractivity contribution in [3.8, 4) is 22.5 Å². The van der Waals surface area contributed by atoms with E-state index < -0.39 is 0 Å². The van der Waals surface area contributed by atoms with Gasteiger partial charge in [0, 0.05) is 61.0 Å². The van der Waals surface area contributed by atoms with Crippen molar-refractivity contribution in [2.24, 2.45) is 0 Å². The van der Waals surface area contributed by atoms with Crippen LogP contribution in [0.1, 0.15) is 16.8 Å². The molecule has 1 atom stereocenters. The van der Waals surface area contributed by atoms with Gasteiger partial charge in [-0.2, -0.15) is 5.10 Å². The highest BCUT2D eigenvalue weighted by Gasteiger charge is 2.28. The fourth-order valence-electron chi connectivity index (χ4n) is 5.30. The second-order valence-electron chi connectivity index (χ2n) is 11.0. The lowest BCUT2D eigenvalue weighted by molar-refractivity contribution is -0.111. The molecule has 1 fully saturated rings. The highest BCUT2D eigenvalue weighted by atomic mass is 16.2. The molecule has 0 radical (unpaired) electrons. The molecule has 0 saturated carbocycles.